The molecule has 3 rings (SSSR count). The summed E-state index contributed by atoms with van der Waals surface area (Å²) < 4.78 is 0. The first-order valence-corrected chi connectivity index (χ1v) is 5.76. The van der Waals surface area contributed by atoms with Crippen LogP contribution in [0.15, 0.2) is 18.3 Å². The van der Waals surface area contributed by atoms with Crippen LogP contribution in [-0.4, -0.2) is 17.6 Å². The number of allylic oxidation sites excluding steroid dienone is 1. The molecular formula is C11H10Cl2N2. The molecule has 2 heterocycles. The molecule has 4 heteroatoms. The van der Waals surface area contributed by atoms with Crippen LogP contribution >= 0.6 is 23.2 Å². The van der Waals surface area contributed by atoms with Gasteiger partial charge in [0.1, 0.15) is 5.15 Å². The Morgan fingerprint density at radius 2 is 2.27 bits per heavy atom. The number of pyridine rings is 1. The summed E-state index contributed by atoms with van der Waals surface area (Å²) in [6, 6.07) is 2.40. The summed E-state index contributed by atoms with van der Waals surface area (Å²) >= 11 is 11.7. The van der Waals surface area contributed by atoms with Crippen molar-refractivity contribution in [3.05, 3.63) is 34.1 Å². The number of rotatable bonds is 1. The van der Waals surface area contributed by atoms with Gasteiger partial charge in [-0.25, -0.2) is 4.98 Å². The van der Waals surface area contributed by atoms with Gasteiger partial charge in [-0.1, -0.05) is 29.3 Å². The van der Waals surface area contributed by atoms with Gasteiger partial charge >= 0.3 is 0 Å². The molecule has 1 aliphatic carbocycles. The molecule has 1 aromatic heterocycles. The lowest BCUT2D eigenvalue weighted by atomic mass is 9.89. The molecule has 0 saturated carbocycles. The van der Waals surface area contributed by atoms with Crippen LogP contribution in [0, 0.1) is 5.92 Å². The van der Waals surface area contributed by atoms with E-state index in [9.17, 15) is 0 Å². The number of fused-ring (bicyclic) bond motifs is 1. The molecule has 78 valence electrons. The van der Waals surface area contributed by atoms with Crippen molar-refractivity contribution in [1.82, 2.24) is 10.3 Å². The van der Waals surface area contributed by atoms with E-state index in [1.54, 1.807) is 6.20 Å². The van der Waals surface area contributed by atoms with E-state index in [2.05, 4.69) is 16.4 Å². The van der Waals surface area contributed by atoms with Crippen LogP contribution < -0.4 is 5.32 Å². The van der Waals surface area contributed by atoms with Crippen molar-refractivity contribution in [3.63, 3.8) is 0 Å². The minimum atomic E-state index is 0.372. The summed E-state index contributed by atoms with van der Waals surface area (Å²) in [5.41, 5.74) is 2.40. The van der Waals surface area contributed by atoms with Gasteiger partial charge in [-0.05, 0) is 29.5 Å². The Kier molecular flexibility index (Phi) is 2.23. The van der Waals surface area contributed by atoms with E-state index < -0.39 is 0 Å². The monoisotopic (exact) mass is 240 g/mol. The molecule has 0 radical (unpaired) electrons. The Morgan fingerprint density at radius 3 is 2.87 bits per heavy atom. The topological polar surface area (TPSA) is 24.9 Å². The van der Waals surface area contributed by atoms with Crippen LogP contribution in [0.3, 0.4) is 0 Å². The number of aromatic nitrogens is 1. The van der Waals surface area contributed by atoms with Crippen LogP contribution in [0.25, 0.3) is 5.57 Å². The third-order valence-electron chi connectivity index (χ3n) is 3.18. The summed E-state index contributed by atoms with van der Waals surface area (Å²) in [6.45, 7) is 1.12. The Balaban J connectivity index is 1.96. The zero-order chi connectivity index (χ0) is 10.4. The van der Waals surface area contributed by atoms with Crippen molar-refractivity contribution in [1.29, 1.82) is 0 Å². The molecule has 2 aliphatic rings. The molecule has 1 N–H and O–H groups in total. The average Bonchev–Trinajstić information content (AvgIpc) is 2.46. The van der Waals surface area contributed by atoms with Crippen molar-refractivity contribution in [3.8, 4) is 0 Å². The lowest BCUT2D eigenvalue weighted by Gasteiger charge is -2.34. The molecule has 0 bridgehead atoms. The quantitative estimate of drug-likeness (QED) is 0.764. The SMILES string of the molecule is Clc1cc(C2=CC[C@@H]3CN[C@H]23)cnc1Cl. The van der Waals surface area contributed by atoms with Crippen molar-refractivity contribution < 1.29 is 0 Å². The Hall–Kier alpha value is -0.570. The van der Waals surface area contributed by atoms with Gasteiger partial charge in [0.25, 0.3) is 0 Å². The predicted octanol–water partition coefficient (Wildman–Crippen LogP) is 2.76. The molecule has 2 atom stereocenters. The first-order valence-electron chi connectivity index (χ1n) is 5.00. The van der Waals surface area contributed by atoms with Gasteiger partial charge in [0, 0.05) is 18.8 Å². The molecular weight excluding hydrogens is 231 g/mol. The second kappa shape index (κ2) is 3.48. The molecule has 0 amide bonds. The first kappa shape index (κ1) is 9.64. The standard InChI is InChI=1S/C11H10Cl2N2/c12-9-3-7(5-15-11(9)13)8-2-1-6-4-14-10(6)8/h2-3,5-6,10,14H,1,4H2/t6-,10+/m1/s1. The van der Waals surface area contributed by atoms with E-state index in [4.69, 9.17) is 23.2 Å². The molecule has 1 aromatic rings. The van der Waals surface area contributed by atoms with Gasteiger partial charge in [0.05, 0.1) is 5.02 Å². The molecule has 0 aromatic carbocycles. The van der Waals surface area contributed by atoms with Crippen molar-refractivity contribution in [2.24, 2.45) is 5.92 Å². The van der Waals surface area contributed by atoms with Gasteiger partial charge in [0.2, 0.25) is 0 Å². The summed E-state index contributed by atoms with van der Waals surface area (Å²) in [5, 5.41) is 4.32. The minimum Gasteiger partial charge on any atom is -0.309 e. The summed E-state index contributed by atoms with van der Waals surface area (Å²) in [5.74, 6) is 0.773. The van der Waals surface area contributed by atoms with E-state index in [1.165, 1.54) is 5.57 Å². The van der Waals surface area contributed by atoms with Crippen molar-refractivity contribution in [2.45, 2.75) is 12.5 Å². The third-order valence-corrected chi connectivity index (χ3v) is 3.86. The summed E-state index contributed by atoms with van der Waals surface area (Å²) in [4.78, 5) is 4.07. The molecule has 15 heavy (non-hydrogen) atoms. The highest BCUT2D eigenvalue weighted by Gasteiger charge is 2.37. The van der Waals surface area contributed by atoms with Crippen LogP contribution in [0.5, 0.6) is 0 Å². The highest BCUT2D eigenvalue weighted by molar-refractivity contribution is 6.41. The fourth-order valence-electron chi connectivity index (χ4n) is 2.27. The lowest BCUT2D eigenvalue weighted by Crippen LogP contribution is -2.50. The maximum absolute atomic E-state index is 5.95. The average molecular weight is 241 g/mol. The number of hydrogen-bond acceptors (Lipinski definition) is 2. The summed E-state index contributed by atoms with van der Waals surface area (Å²) in [7, 11) is 0. The number of hydrogen-bond donors (Lipinski definition) is 1. The van der Waals surface area contributed by atoms with Crippen LogP contribution in [0.1, 0.15) is 12.0 Å². The van der Waals surface area contributed by atoms with E-state index in [0.29, 0.717) is 16.2 Å². The van der Waals surface area contributed by atoms with Crippen molar-refractivity contribution >= 4 is 28.8 Å². The van der Waals surface area contributed by atoms with Gasteiger partial charge < -0.3 is 5.32 Å². The fraction of sp³-hybridized carbons (Fsp3) is 0.364. The molecule has 0 spiro atoms. The third kappa shape index (κ3) is 1.48. The number of nitrogens with one attached hydrogen (secondary N) is 1. The maximum Gasteiger partial charge on any atom is 0.147 e. The molecule has 1 saturated heterocycles. The smallest absolute Gasteiger partial charge is 0.147 e. The normalized spacial score (nSPS) is 28.3. The van der Waals surface area contributed by atoms with E-state index in [1.807, 2.05) is 6.07 Å². The molecule has 0 unspecified atom stereocenters. The molecule has 2 nitrogen and oxygen atoms in total. The largest absolute Gasteiger partial charge is 0.309 e. The van der Waals surface area contributed by atoms with Crippen LogP contribution in [0.4, 0.5) is 0 Å². The van der Waals surface area contributed by atoms with Gasteiger partial charge in [-0.2, -0.15) is 0 Å². The van der Waals surface area contributed by atoms with Crippen LogP contribution in [0.2, 0.25) is 10.2 Å². The maximum atomic E-state index is 5.95. The van der Waals surface area contributed by atoms with Crippen LogP contribution in [-0.2, 0) is 0 Å². The molecule has 1 fully saturated rings. The molecule has 1 aliphatic heterocycles. The van der Waals surface area contributed by atoms with Gasteiger partial charge in [0.15, 0.2) is 0 Å². The fourth-order valence-corrected chi connectivity index (χ4v) is 2.54. The zero-order valence-electron chi connectivity index (χ0n) is 8.00. The van der Waals surface area contributed by atoms with E-state index in [0.717, 1.165) is 24.4 Å². The Morgan fingerprint density at radius 1 is 1.40 bits per heavy atom. The second-order valence-electron chi connectivity index (χ2n) is 4.04. The Labute approximate surface area is 98.3 Å². The Bertz CT molecular complexity index is 442. The van der Waals surface area contributed by atoms with Crippen molar-refractivity contribution in [2.75, 3.05) is 6.54 Å². The predicted molar refractivity (Wildman–Crippen MR) is 62.1 cm³/mol. The van der Waals surface area contributed by atoms with E-state index >= 15 is 0 Å². The highest BCUT2D eigenvalue weighted by atomic mass is 35.5. The minimum absolute atomic E-state index is 0.372. The first-order chi connectivity index (χ1) is 7.25. The van der Waals surface area contributed by atoms with Gasteiger partial charge in [-0.15, -0.1) is 0 Å². The zero-order valence-corrected chi connectivity index (χ0v) is 9.52. The lowest BCUT2D eigenvalue weighted by molar-refractivity contribution is 0.307. The number of halogens is 2. The van der Waals surface area contributed by atoms with E-state index in [-0.39, 0.29) is 0 Å². The highest BCUT2D eigenvalue weighted by Crippen LogP contribution is 2.38. The number of nitrogens with zero attached hydrogens (tertiary/aromatic N) is 1. The summed E-state index contributed by atoms with van der Waals surface area (Å²) in [6.07, 6.45) is 5.23. The van der Waals surface area contributed by atoms with Gasteiger partial charge in [-0.3, -0.25) is 0 Å². The second-order valence-corrected chi connectivity index (χ2v) is 4.80.